The van der Waals surface area contributed by atoms with Crippen molar-refractivity contribution in [2.75, 3.05) is 0 Å². The number of aryl methyl sites for hydroxylation is 1. The smallest absolute Gasteiger partial charge is 0.142 e. The van der Waals surface area contributed by atoms with Crippen LogP contribution in [0.1, 0.15) is 22.9 Å². The van der Waals surface area contributed by atoms with Crippen LogP contribution in [0.15, 0.2) is 36.5 Å². The summed E-state index contributed by atoms with van der Waals surface area (Å²) in [6.07, 6.45) is 2.32. The van der Waals surface area contributed by atoms with Crippen molar-refractivity contribution in [3.05, 3.63) is 64.2 Å². The zero-order valence-electron chi connectivity index (χ0n) is 10.0. The van der Waals surface area contributed by atoms with E-state index in [1.807, 2.05) is 19.1 Å². The Kier molecular flexibility index (Phi) is 3.94. The van der Waals surface area contributed by atoms with Crippen molar-refractivity contribution < 1.29 is 4.39 Å². The summed E-state index contributed by atoms with van der Waals surface area (Å²) in [6, 6.07) is 8.21. The molecule has 4 heteroatoms. The van der Waals surface area contributed by atoms with Gasteiger partial charge in [-0.1, -0.05) is 29.8 Å². The summed E-state index contributed by atoms with van der Waals surface area (Å²) < 4.78 is 13.3. The van der Waals surface area contributed by atoms with Crippen LogP contribution in [0.5, 0.6) is 0 Å². The van der Waals surface area contributed by atoms with Gasteiger partial charge in [-0.25, -0.2) is 4.39 Å². The second kappa shape index (κ2) is 5.46. The Morgan fingerprint density at radius 2 is 2.11 bits per heavy atom. The maximum atomic E-state index is 13.3. The third kappa shape index (κ3) is 2.86. The monoisotopic (exact) mass is 264 g/mol. The molecule has 0 saturated carbocycles. The minimum atomic E-state index is -0.443. The van der Waals surface area contributed by atoms with Crippen molar-refractivity contribution in [1.29, 1.82) is 0 Å². The van der Waals surface area contributed by atoms with Gasteiger partial charge in [0.15, 0.2) is 0 Å². The summed E-state index contributed by atoms with van der Waals surface area (Å²) in [5, 5.41) is 0.0945. The Morgan fingerprint density at radius 3 is 2.78 bits per heavy atom. The lowest BCUT2D eigenvalue weighted by Gasteiger charge is -2.13. The molecular formula is C14H14ClFN2. The van der Waals surface area contributed by atoms with Gasteiger partial charge in [0.05, 0.1) is 5.02 Å². The van der Waals surface area contributed by atoms with Crippen LogP contribution in [0.25, 0.3) is 0 Å². The second-order valence-electron chi connectivity index (χ2n) is 4.28. The van der Waals surface area contributed by atoms with Gasteiger partial charge in [0, 0.05) is 24.4 Å². The molecule has 2 rings (SSSR count). The zero-order valence-corrected chi connectivity index (χ0v) is 10.8. The molecule has 0 bridgehead atoms. The van der Waals surface area contributed by atoms with E-state index in [1.54, 1.807) is 18.3 Å². The van der Waals surface area contributed by atoms with Crippen molar-refractivity contribution in [2.24, 2.45) is 5.73 Å². The Bertz CT molecular complexity index is 540. The van der Waals surface area contributed by atoms with E-state index in [9.17, 15) is 4.39 Å². The molecule has 2 N–H and O–H groups in total. The first-order chi connectivity index (χ1) is 8.58. The molecule has 2 nitrogen and oxygen atoms in total. The van der Waals surface area contributed by atoms with Crippen LogP contribution in [0.2, 0.25) is 5.02 Å². The molecule has 0 radical (unpaired) electrons. The molecule has 1 heterocycles. The normalized spacial score (nSPS) is 12.4. The fourth-order valence-corrected chi connectivity index (χ4v) is 2.03. The largest absolute Gasteiger partial charge is 0.324 e. The Morgan fingerprint density at radius 1 is 1.33 bits per heavy atom. The average Bonchev–Trinajstić information content (AvgIpc) is 2.35. The van der Waals surface area contributed by atoms with Crippen molar-refractivity contribution in [1.82, 2.24) is 4.98 Å². The number of aromatic nitrogens is 1. The molecular weight excluding hydrogens is 251 g/mol. The fraction of sp³-hybridized carbons (Fsp3) is 0.214. The van der Waals surface area contributed by atoms with Crippen LogP contribution in [0, 0.1) is 12.7 Å². The number of hydrogen-bond acceptors (Lipinski definition) is 2. The quantitative estimate of drug-likeness (QED) is 0.923. The molecule has 18 heavy (non-hydrogen) atoms. The molecule has 0 aliphatic heterocycles. The Balaban J connectivity index is 2.19. The van der Waals surface area contributed by atoms with Crippen LogP contribution < -0.4 is 5.73 Å². The van der Waals surface area contributed by atoms with Gasteiger partial charge in [0.25, 0.3) is 0 Å². The van der Waals surface area contributed by atoms with Crippen molar-refractivity contribution in [3.8, 4) is 0 Å². The molecule has 1 aromatic carbocycles. The summed E-state index contributed by atoms with van der Waals surface area (Å²) in [6.45, 7) is 1.97. The van der Waals surface area contributed by atoms with Gasteiger partial charge in [-0.3, -0.25) is 4.98 Å². The first-order valence-electron chi connectivity index (χ1n) is 5.69. The van der Waals surface area contributed by atoms with Crippen LogP contribution in [-0.2, 0) is 6.42 Å². The third-order valence-electron chi connectivity index (χ3n) is 2.78. The standard InChI is InChI=1S/C14H14ClFN2/c1-9-5-6-10(18-8-9)7-13(17)11-3-2-4-12(16)14(11)15/h2-6,8,13H,7,17H2,1H3. The number of nitrogens with zero attached hydrogens (tertiary/aromatic N) is 1. The van der Waals surface area contributed by atoms with Gasteiger partial charge in [-0.05, 0) is 30.2 Å². The number of halogens is 2. The molecule has 0 saturated heterocycles. The van der Waals surface area contributed by atoms with Crippen LogP contribution >= 0.6 is 11.6 Å². The van der Waals surface area contributed by atoms with Gasteiger partial charge in [0.1, 0.15) is 5.82 Å². The van der Waals surface area contributed by atoms with Crippen LogP contribution in [0.4, 0.5) is 4.39 Å². The number of benzene rings is 1. The van der Waals surface area contributed by atoms with E-state index in [-0.39, 0.29) is 11.1 Å². The maximum absolute atomic E-state index is 13.3. The fourth-order valence-electron chi connectivity index (χ4n) is 1.76. The predicted octanol–water partition coefficient (Wildman–Crippen LogP) is 3.43. The maximum Gasteiger partial charge on any atom is 0.142 e. The van der Waals surface area contributed by atoms with E-state index in [0.29, 0.717) is 12.0 Å². The average molecular weight is 265 g/mol. The van der Waals surface area contributed by atoms with E-state index in [4.69, 9.17) is 17.3 Å². The molecule has 94 valence electrons. The van der Waals surface area contributed by atoms with E-state index in [1.165, 1.54) is 6.07 Å². The summed E-state index contributed by atoms with van der Waals surface area (Å²) in [5.41, 5.74) is 8.62. The second-order valence-corrected chi connectivity index (χ2v) is 4.66. The summed E-state index contributed by atoms with van der Waals surface area (Å²) in [5.74, 6) is -0.443. The van der Waals surface area contributed by atoms with Gasteiger partial charge < -0.3 is 5.73 Å². The molecule has 2 aromatic rings. The lowest BCUT2D eigenvalue weighted by atomic mass is 10.0. The zero-order chi connectivity index (χ0) is 13.1. The third-order valence-corrected chi connectivity index (χ3v) is 3.18. The van der Waals surface area contributed by atoms with Gasteiger partial charge in [-0.15, -0.1) is 0 Å². The van der Waals surface area contributed by atoms with Gasteiger partial charge in [0.2, 0.25) is 0 Å². The molecule has 0 amide bonds. The molecule has 0 fully saturated rings. The molecule has 0 aliphatic rings. The predicted molar refractivity (Wildman–Crippen MR) is 71.0 cm³/mol. The lowest BCUT2D eigenvalue weighted by Crippen LogP contribution is -2.15. The first-order valence-corrected chi connectivity index (χ1v) is 6.06. The van der Waals surface area contributed by atoms with Gasteiger partial charge in [-0.2, -0.15) is 0 Å². The van der Waals surface area contributed by atoms with Crippen LogP contribution in [0.3, 0.4) is 0 Å². The topological polar surface area (TPSA) is 38.9 Å². The lowest BCUT2D eigenvalue weighted by molar-refractivity contribution is 0.618. The van der Waals surface area contributed by atoms with Crippen molar-refractivity contribution in [2.45, 2.75) is 19.4 Å². The highest BCUT2D eigenvalue weighted by molar-refractivity contribution is 6.31. The summed E-state index contributed by atoms with van der Waals surface area (Å²) >= 11 is 5.90. The highest BCUT2D eigenvalue weighted by Gasteiger charge is 2.14. The van der Waals surface area contributed by atoms with E-state index >= 15 is 0 Å². The van der Waals surface area contributed by atoms with E-state index in [2.05, 4.69) is 4.98 Å². The molecule has 1 aromatic heterocycles. The van der Waals surface area contributed by atoms with Crippen molar-refractivity contribution >= 4 is 11.6 Å². The minimum Gasteiger partial charge on any atom is -0.324 e. The van der Waals surface area contributed by atoms with E-state index < -0.39 is 5.82 Å². The summed E-state index contributed by atoms with van der Waals surface area (Å²) in [4.78, 5) is 4.28. The van der Waals surface area contributed by atoms with E-state index in [0.717, 1.165) is 11.3 Å². The molecule has 0 spiro atoms. The Hall–Kier alpha value is -1.45. The first kappa shape index (κ1) is 13.0. The number of hydrogen-bond donors (Lipinski definition) is 1. The number of nitrogens with two attached hydrogens (primary N) is 1. The summed E-state index contributed by atoms with van der Waals surface area (Å²) in [7, 11) is 0. The molecule has 0 aliphatic carbocycles. The number of rotatable bonds is 3. The molecule has 1 unspecified atom stereocenters. The van der Waals surface area contributed by atoms with Gasteiger partial charge >= 0.3 is 0 Å². The number of pyridine rings is 1. The minimum absolute atomic E-state index is 0.0945. The molecule has 1 atom stereocenters. The SMILES string of the molecule is Cc1ccc(CC(N)c2cccc(F)c2Cl)nc1. The van der Waals surface area contributed by atoms with Crippen LogP contribution in [-0.4, -0.2) is 4.98 Å². The highest BCUT2D eigenvalue weighted by atomic mass is 35.5. The van der Waals surface area contributed by atoms with Crippen molar-refractivity contribution in [3.63, 3.8) is 0 Å². The Labute approximate surface area is 111 Å². The highest BCUT2D eigenvalue weighted by Crippen LogP contribution is 2.26.